The van der Waals surface area contributed by atoms with Gasteiger partial charge in [0.15, 0.2) is 0 Å². The van der Waals surface area contributed by atoms with Gasteiger partial charge in [0.2, 0.25) is 5.91 Å². The number of hydrogen-bond acceptors (Lipinski definition) is 2. The van der Waals surface area contributed by atoms with Gasteiger partial charge in [-0.1, -0.05) is 60.7 Å². The minimum absolute atomic E-state index is 0.368. The zero-order valence-corrected chi connectivity index (χ0v) is 14.8. The van der Waals surface area contributed by atoms with E-state index in [9.17, 15) is 18.4 Å². The maximum atomic E-state index is 14.0. The Balaban J connectivity index is 2.00. The molecule has 0 spiro atoms. The van der Waals surface area contributed by atoms with Crippen LogP contribution >= 0.6 is 0 Å². The summed E-state index contributed by atoms with van der Waals surface area (Å²) in [5.41, 5.74) is 6.75. The SMILES string of the molecule is NC(=O)[C@H](NC(=O)c1ccc(F)cc1F)C(c1ccccc1)c1ccccc1. The summed E-state index contributed by atoms with van der Waals surface area (Å²) in [4.78, 5) is 24.8. The van der Waals surface area contributed by atoms with Gasteiger partial charge in [0, 0.05) is 12.0 Å². The lowest BCUT2D eigenvalue weighted by Gasteiger charge is -2.27. The minimum atomic E-state index is -1.14. The predicted octanol–water partition coefficient (Wildman–Crippen LogP) is 3.38. The van der Waals surface area contributed by atoms with E-state index < -0.39 is 35.4 Å². The molecule has 1 atom stereocenters. The van der Waals surface area contributed by atoms with Crippen molar-refractivity contribution in [2.75, 3.05) is 0 Å². The van der Waals surface area contributed by atoms with Crippen molar-refractivity contribution < 1.29 is 18.4 Å². The summed E-state index contributed by atoms with van der Waals surface area (Å²) in [5.74, 6) is -4.01. The van der Waals surface area contributed by atoms with Crippen molar-refractivity contribution in [2.45, 2.75) is 12.0 Å². The predicted molar refractivity (Wildman–Crippen MR) is 102 cm³/mol. The second kappa shape index (κ2) is 8.43. The largest absolute Gasteiger partial charge is 0.368 e. The molecule has 142 valence electrons. The molecule has 0 bridgehead atoms. The molecular weight excluding hydrogens is 362 g/mol. The van der Waals surface area contributed by atoms with E-state index in [1.807, 2.05) is 60.7 Å². The molecule has 0 fully saturated rings. The summed E-state index contributed by atoms with van der Waals surface area (Å²) in [6, 6.07) is 19.6. The Hall–Kier alpha value is -3.54. The number of nitrogens with two attached hydrogens (primary N) is 1. The van der Waals surface area contributed by atoms with Crippen molar-refractivity contribution in [1.29, 1.82) is 0 Å². The van der Waals surface area contributed by atoms with E-state index >= 15 is 0 Å². The molecule has 0 saturated carbocycles. The molecule has 4 nitrogen and oxygen atoms in total. The third kappa shape index (κ3) is 4.23. The van der Waals surface area contributed by atoms with Gasteiger partial charge in [-0.3, -0.25) is 9.59 Å². The Morgan fingerprint density at radius 1 is 0.821 bits per heavy atom. The first-order valence-corrected chi connectivity index (χ1v) is 8.62. The standard InChI is InChI=1S/C22H18F2N2O2/c23-16-11-12-17(18(24)13-16)22(28)26-20(21(25)27)19(14-7-3-1-4-8-14)15-9-5-2-6-10-15/h1-13,19-20H,(H2,25,27)(H,26,28)/t20-/m1/s1. The zero-order valence-electron chi connectivity index (χ0n) is 14.8. The number of rotatable bonds is 6. The van der Waals surface area contributed by atoms with E-state index in [1.54, 1.807) is 0 Å². The highest BCUT2D eigenvalue weighted by atomic mass is 19.1. The number of hydrogen-bond donors (Lipinski definition) is 2. The molecule has 0 radical (unpaired) electrons. The summed E-state index contributed by atoms with van der Waals surface area (Å²) in [5, 5.41) is 2.51. The number of primary amides is 1. The Morgan fingerprint density at radius 3 is 1.82 bits per heavy atom. The second-order valence-corrected chi connectivity index (χ2v) is 6.28. The van der Waals surface area contributed by atoms with Crippen LogP contribution in [0.4, 0.5) is 8.78 Å². The number of carbonyl (C=O) groups is 2. The summed E-state index contributed by atoms with van der Waals surface area (Å²) in [6.45, 7) is 0. The maximum Gasteiger partial charge on any atom is 0.254 e. The van der Waals surface area contributed by atoms with Crippen LogP contribution in [0.25, 0.3) is 0 Å². The van der Waals surface area contributed by atoms with Crippen LogP contribution in [0.1, 0.15) is 27.4 Å². The summed E-state index contributed by atoms with van der Waals surface area (Å²) < 4.78 is 27.1. The highest BCUT2D eigenvalue weighted by Crippen LogP contribution is 2.28. The number of nitrogens with one attached hydrogen (secondary N) is 1. The number of carbonyl (C=O) groups excluding carboxylic acids is 2. The number of halogens is 2. The molecule has 2 amide bonds. The van der Waals surface area contributed by atoms with Gasteiger partial charge in [0.1, 0.15) is 17.7 Å². The molecule has 6 heteroatoms. The van der Waals surface area contributed by atoms with Gasteiger partial charge in [-0.05, 0) is 23.3 Å². The molecule has 3 N–H and O–H groups in total. The molecule has 0 aromatic heterocycles. The fourth-order valence-electron chi connectivity index (χ4n) is 3.11. The van der Waals surface area contributed by atoms with Crippen molar-refractivity contribution in [3.8, 4) is 0 Å². The Bertz CT molecular complexity index is 939. The average molecular weight is 380 g/mol. The van der Waals surface area contributed by atoms with Gasteiger partial charge in [-0.25, -0.2) is 8.78 Å². The van der Waals surface area contributed by atoms with E-state index in [0.29, 0.717) is 6.07 Å². The zero-order chi connectivity index (χ0) is 20.1. The summed E-state index contributed by atoms with van der Waals surface area (Å²) in [6.07, 6.45) is 0. The first kappa shape index (κ1) is 19.2. The molecule has 0 aliphatic rings. The lowest BCUT2D eigenvalue weighted by atomic mass is 9.84. The van der Waals surface area contributed by atoms with Crippen LogP contribution in [-0.4, -0.2) is 17.9 Å². The minimum Gasteiger partial charge on any atom is -0.368 e. The molecule has 0 unspecified atom stereocenters. The van der Waals surface area contributed by atoms with Gasteiger partial charge in [0.05, 0.1) is 5.56 Å². The van der Waals surface area contributed by atoms with E-state index in [1.165, 1.54) is 0 Å². The maximum absolute atomic E-state index is 14.0. The normalized spacial score (nSPS) is 11.8. The van der Waals surface area contributed by atoms with E-state index in [0.717, 1.165) is 23.3 Å². The topological polar surface area (TPSA) is 72.2 Å². The van der Waals surface area contributed by atoms with Gasteiger partial charge in [0.25, 0.3) is 5.91 Å². The fourth-order valence-corrected chi connectivity index (χ4v) is 3.11. The molecule has 3 rings (SSSR count). The van der Waals surface area contributed by atoms with Crippen molar-refractivity contribution in [2.24, 2.45) is 5.73 Å². The average Bonchev–Trinajstić information content (AvgIpc) is 2.69. The first-order chi connectivity index (χ1) is 13.5. The van der Waals surface area contributed by atoms with Gasteiger partial charge in [-0.15, -0.1) is 0 Å². The lowest BCUT2D eigenvalue weighted by molar-refractivity contribution is -0.120. The highest BCUT2D eigenvalue weighted by Gasteiger charge is 2.31. The molecule has 3 aromatic carbocycles. The monoisotopic (exact) mass is 380 g/mol. The Labute approximate surface area is 161 Å². The van der Waals surface area contributed by atoms with Crippen LogP contribution in [0, 0.1) is 11.6 Å². The van der Waals surface area contributed by atoms with Crippen LogP contribution in [0.3, 0.4) is 0 Å². The quantitative estimate of drug-likeness (QED) is 0.688. The van der Waals surface area contributed by atoms with Crippen LogP contribution in [-0.2, 0) is 4.79 Å². The van der Waals surface area contributed by atoms with Crippen molar-refractivity contribution in [1.82, 2.24) is 5.32 Å². The smallest absolute Gasteiger partial charge is 0.254 e. The second-order valence-electron chi connectivity index (χ2n) is 6.28. The van der Waals surface area contributed by atoms with Crippen molar-refractivity contribution in [3.63, 3.8) is 0 Å². The molecule has 3 aromatic rings. The summed E-state index contributed by atoms with van der Waals surface area (Å²) in [7, 11) is 0. The summed E-state index contributed by atoms with van der Waals surface area (Å²) >= 11 is 0. The Kier molecular flexibility index (Phi) is 5.79. The highest BCUT2D eigenvalue weighted by molar-refractivity contribution is 5.98. The molecule has 0 aliphatic carbocycles. The van der Waals surface area contributed by atoms with E-state index in [-0.39, 0.29) is 5.56 Å². The molecule has 0 aliphatic heterocycles. The number of benzene rings is 3. The van der Waals surface area contributed by atoms with Crippen molar-refractivity contribution in [3.05, 3.63) is 107 Å². The van der Waals surface area contributed by atoms with Crippen molar-refractivity contribution >= 4 is 11.8 Å². The fraction of sp³-hybridized carbons (Fsp3) is 0.0909. The van der Waals surface area contributed by atoms with Crippen LogP contribution in [0.2, 0.25) is 0 Å². The van der Waals surface area contributed by atoms with Crippen LogP contribution in [0.5, 0.6) is 0 Å². The third-order valence-electron chi connectivity index (χ3n) is 4.42. The molecule has 0 saturated heterocycles. The van der Waals surface area contributed by atoms with Crippen LogP contribution in [0.15, 0.2) is 78.9 Å². The molecule has 28 heavy (non-hydrogen) atoms. The van der Waals surface area contributed by atoms with E-state index in [4.69, 9.17) is 5.73 Å². The van der Waals surface area contributed by atoms with Crippen LogP contribution < -0.4 is 11.1 Å². The molecular formula is C22H18F2N2O2. The van der Waals surface area contributed by atoms with E-state index in [2.05, 4.69) is 5.32 Å². The van der Waals surface area contributed by atoms with Gasteiger partial charge < -0.3 is 11.1 Å². The lowest BCUT2D eigenvalue weighted by Crippen LogP contribution is -2.48. The number of amides is 2. The van der Waals surface area contributed by atoms with Gasteiger partial charge in [-0.2, -0.15) is 0 Å². The Morgan fingerprint density at radius 2 is 1.36 bits per heavy atom. The third-order valence-corrected chi connectivity index (χ3v) is 4.42. The molecule has 0 heterocycles. The van der Waals surface area contributed by atoms with Gasteiger partial charge >= 0.3 is 0 Å². The first-order valence-electron chi connectivity index (χ1n) is 8.62.